The standard InChI is InChI=1S/C22H22N2O4/c1-2-27-22(26)23-17-9-10-18-16(12-21(25)28-20(18)13-17)14-24-11-5-7-15-6-3-4-8-19(15)24/h3-4,6,8-10,12-13H,2,5,7,11,14H2,1H3,(H,23,26). The van der Waals surface area contributed by atoms with E-state index in [0.717, 1.165) is 30.3 Å². The topological polar surface area (TPSA) is 71.8 Å². The van der Waals surface area contributed by atoms with Crippen LogP contribution in [0, 0.1) is 0 Å². The second kappa shape index (κ2) is 7.76. The zero-order valence-corrected chi connectivity index (χ0v) is 15.7. The summed E-state index contributed by atoms with van der Waals surface area (Å²) in [5, 5.41) is 3.49. The lowest BCUT2D eigenvalue weighted by molar-refractivity contribution is 0.168. The van der Waals surface area contributed by atoms with E-state index in [1.54, 1.807) is 25.1 Å². The summed E-state index contributed by atoms with van der Waals surface area (Å²) < 4.78 is 10.3. The Balaban J connectivity index is 1.66. The van der Waals surface area contributed by atoms with Crippen LogP contribution in [0.3, 0.4) is 0 Å². The van der Waals surface area contributed by atoms with Gasteiger partial charge < -0.3 is 14.1 Å². The summed E-state index contributed by atoms with van der Waals surface area (Å²) in [6, 6.07) is 15.3. The van der Waals surface area contributed by atoms with Gasteiger partial charge in [0, 0.05) is 42.0 Å². The number of nitrogens with one attached hydrogen (secondary N) is 1. The molecule has 1 aromatic heterocycles. The fourth-order valence-corrected chi connectivity index (χ4v) is 3.70. The molecule has 0 fully saturated rings. The normalized spacial score (nSPS) is 13.2. The van der Waals surface area contributed by atoms with Crippen LogP contribution in [0.4, 0.5) is 16.2 Å². The number of aryl methyl sites for hydroxylation is 1. The smallest absolute Gasteiger partial charge is 0.411 e. The van der Waals surface area contributed by atoms with Gasteiger partial charge in [-0.2, -0.15) is 0 Å². The number of hydrogen-bond donors (Lipinski definition) is 1. The van der Waals surface area contributed by atoms with Crippen LogP contribution in [0.15, 0.2) is 57.7 Å². The van der Waals surface area contributed by atoms with Crippen LogP contribution in [0.1, 0.15) is 24.5 Å². The van der Waals surface area contributed by atoms with Crippen molar-refractivity contribution in [3.05, 3.63) is 70.1 Å². The molecule has 0 saturated heterocycles. The highest BCUT2D eigenvalue weighted by molar-refractivity contribution is 5.90. The summed E-state index contributed by atoms with van der Waals surface area (Å²) in [7, 11) is 0. The second-order valence-electron chi connectivity index (χ2n) is 6.80. The molecular weight excluding hydrogens is 356 g/mol. The Morgan fingerprint density at radius 1 is 1.21 bits per heavy atom. The molecule has 0 radical (unpaired) electrons. The van der Waals surface area contributed by atoms with Gasteiger partial charge in [0.15, 0.2) is 0 Å². The van der Waals surface area contributed by atoms with Crippen molar-refractivity contribution in [2.24, 2.45) is 0 Å². The molecule has 2 heterocycles. The minimum atomic E-state index is -0.537. The number of carbonyl (C=O) groups excluding carboxylic acids is 1. The lowest BCUT2D eigenvalue weighted by Crippen LogP contribution is -2.29. The number of amides is 1. The van der Waals surface area contributed by atoms with E-state index < -0.39 is 11.7 Å². The summed E-state index contributed by atoms with van der Waals surface area (Å²) in [6.45, 7) is 3.60. The third-order valence-corrected chi connectivity index (χ3v) is 4.92. The van der Waals surface area contributed by atoms with Crippen molar-refractivity contribution in [3.63, 3.8) is 0 Å². The fraction of sp³-hybridized carbons (Fsp3) is 0.273. The minimum Gasteiger partial charge on any atom is -0.450 e. The maximum Gasteiger partial charge on any atom is 0.411 e. The molecule has 0 spiro atoms. The Labute approximate surface area is 162 Å². The number of anilines is 2. The molecule has 6 nitrogen and oxygen atoms in total. The van der Waals surface area contributed by atoms with Gasteiger partial charge >= 0.3 is 11.7 Å². The Morgan fingerprint density at radius 3 is 2.93 bits per heavy atom. The number of ether oxygens (including phenoxy) is 1. The van der Waals surface area contributed by atoms with E-state index in [4.69, 9.17) is 9.15 Å². The number of benzene rings is 2. The lowest BCUT2D eigenvalue weighted by atomic mass is 10.0. The molecule has 144 valence electrons. The predicted molar refractivity (Wildman–Crippen MR) is 109 cm³/mol. The largest absolute Gasteiger partial charge is 0.450 e. The first-order valence-corrected chi connectivity index (χ1v) is 9.47. The molecule has 0 bridgehead atoms. The van der Waals surface area contributed by atoms with Gasteiger partial charge in [-0.15, -0.1) is 0 Å². The first-order valence-electron chi connectivity index (χ1n) is 9.47. The maximum absolute atomic E-state index is 12.1. The van der Waals surface area contributed by atoms with Crippen molar-refractivity contribution in [3.8, 4) is 0 Å². The number of para-hydroxylation sites is 1. The SMILES string of the molecule is CCOC(=O)Nc1ccc2c(CN3CCCc4ccccc43)cc(=O)oc2c1. The van der Waals surface area contributed by atoms with Crippen molar-refractivity contribution in [2.45, 2.75) is 26.3 Å². The molecule has 1 N–H and O–H groups in total. The number of carbonyl (C=O) groups is 1. The van der Waals surface area contributed by atoms with Gasteiger partial charge in [0.05, 0.1) is 6.61 Å². The van der Waals surface area contributed by atoms with Gasteiger partial charge in [0.1, 0.15) is 5.58 Å². The highest BCUT2D eigenvalue weighted by Gasteiger charge is 2.18. The van der Waals surface area contributed by atoms with E-state index in [1.807, 2.05) is 12.1 Å². The zero-order chi connectivity index (χ0) is 19.5. The molecule has 1 aliphatic rings. The number of fused-ring (bicyclic) bond motifs is 2. The summed E-state index contributed by atoms with van der Waals surface area (Å²) in [6.07, 6.45) is 1.63. The van der Waals surface area contributed by atoms with E-state index in [2.05, 4.69) is 28.4 Å². The monoisotopic (exact) mass is 378 g/mol. The summed E-state index contributed by atoms with van der Waals surface area (Å²) >= 11 is 0. The first kappa shape index (κ1) is 18.1. The highest BCUT2D eigenvalue weighted by Crippen LogP contribution is 2.30. The van der Waals surface area contributed by atoms with E-state index in [0.29, 0.717) is 17.8 Å². The van der Waals surface area contributed by atoms with Gasteiger partial charge in [0.2, 0.25) is 0 Å². The quantitative estimate of drug-likeness (QED) is 0.685. The molecule has 4 rings (SSSR count). The fourth-order valence-electron chi connectivity index (χ4n) is 3.70. The van der Waals surface area contributed by atoms with Crippen LogP contribution >= 0.6 is 0 Å². The molecule has 0 saturated carbocycles. The van der Waals surface area contributed by atoms with Crippen molar-refractivity contribution in [1.29, 1.82) is 0 Å². The third kappa shape index (κ3) is 3.71. The molecule has 28 heavy (non-hydrogen) atoms. The average Bonchev–Trinajstić information content (AvgIpc) is 2.68. The molecule has 0 aliphatic carbocycles. The van der Waals surface area contributed by atoms with Crippen molar-refractivity contribution in [1.82, 2.24) is 0 Å². The Hall–Kier alpha value is -3.28. The van der Waals surface area contributed by atoms with E-state index in [1.165, 1.54) is 11.3 Å². The van der Waals surface area contributed by atoms with Crippen molar-refractivity contribution < 1.29 is 13.9 Å². The number of nitrogens with zero attached hydrogens (tertiary/aromatic N) is 1. The first-order chi connectivity index (χ1) is 13.6. The van der Waals surface area contributed by atoms with Gasteiger partial charge in [-0.1, -0.05) is 18.2 Å². The van der Waals surface area contributed by atoms with Crippen LogP contribution < -0.4 is 15.8 Å². The van der Waals surface area contributed by atoms with E-state index >= 15 is 0 Å². The van der Waals surface area contributed by atoms with Gasteiger partial charge in [-0.05, 0) is 49.1 Å². The minimum absolute atomic E-state index is 0.288. The highest BCUT2D eigenvalue weighted by atomic mass is 16.5. The molecule has 3 aromatic rings. The van der Waals surface area contributed by atoms with Crippen LogP contribution in [0.2, 0.25) is 0 Å². The lowest BCUT2D eigenvalue weighted by Gasteiger charge is -2.31. The van der Waals surface area contributed by atoms with E-state index in [9.17, 15) is 9.59 Å². The van der Waals surface area contributed by atoms with E-state index in [-0.39, 0.29) is 6.61 Å². The molecule has 0 atom stereocenters. The van der Waals surface area contributed by atoms with Crippen LogP contribution in [0.25, 0.3) is 11.0 Å². The molecule has 6 heteroatoms. The Kier molecular flexibility index (Phi) is 5.02. The average molecular weight is 378 g/mol. The molecule has 1 aliphatic heterocycles. The maximum atomic E-state index is 12.1. The molecule has 2 aromatic carbocycles. The number of rotatable bonds is 4. The molecule has 0 unspecified atom stereocenters. The summed E-state index contributed by atoms with van der Waals surface area (Å²) in [4.78, 5) is 26.1. The predicted octanol–water partition coefficient (Wildman–Crippen LogP) is 4.31. The molecular formula is C22H22N2O4. The zero-order valence-electron chi connectivity index (χ0n) is 15.7. The van der Waals surface area contributed by atoms with Gasteiger partial charge in [0.25, 0.3) is 0 Å². The van der Waals surface area contributed by atoms with Crippen LogP contribution in [0.5, 0.6) is 0 Å². The van der Waals surface area contributed by atoms with Crippen molar-refractivity contribution in [2.75, 3.05) is 23.4 Å². The molecule has 1 amide bonds. The Morgan fingerprint density at radius 2 is 2.07 bits per heavy atom. The van der Waals surface area contributed by atoms with Gasteiger partial charge in [-0.25, -0.2) is 9.59 Å². The summed E-state index contributed by atoms with van der Waals surface area (Å²) in [5.41, 5.74) is 4.03. The third-order valence-electron chi connectivity index (χ3n) is 4.92. The number of hydrogen-bond acceptors (Lipinski definition) is 5. The van der Waals surface area contributed by atoms with Gasteiger partial charge in [-0.3, -0.25) is 5.32 Å². The van der Waals surface area contributed by atoms with Crippen LogP contribution in [-0.4, -0.2) is 19.2 Å². The van der Waals surface area contributed by atoms with Crippen molar-refractivity contribution >= 4 is 28.4 Å². The second-order valence-corrected chi connectivity index (χ2v) is 6.80. The summed E-state index contributed by atoms with van der Waals surface area (Å²) in [5.74, 6) is 0. The van der Waals surface area contributed by atoms with Crippen LogP contribution in [-0.2, 0) is 17.7 Å². The Bertz CT molecular complexity index is 1070.